The maximum Gasteiger partial charge on any atom is 0.0340 e. The lowest BCUT2D eigenvalue weighted by Gasteiger charge is -2.23. The summed E-state index contributed by atoms with van der Waals surface area (Å²) in [6.07, 6.45) is 4.05. The minimum atomic E-state index is 0.541. The van der Waals surface area contributed by atoms with Gasteiger partial charge >= 0.3 is 0 Å². The third-order valence-electron chi connectivity index (χ3n) is 4.24. The third-order valence-corrected chi connectivity index (χ3v) is 4.24. The number of nitrogens with one attached hydrogen (secondary N) is 1. The van der Waals surface area contributed by atoms with Gasteiger partial charge in [0.25, 0.3) is 0 Å². The zero-order valence-corrected chi connectivity index (χ0v) is 12.7. The van der Waals surface area contributed by atoms with Crippen molar-refractivity contribution in [2.24, 2.45) is 5.41 Å². The van der Waals surface area contributed by atoms with Crippen molar-refractivity contribution in [1.29, 1.82) is 0 Å². The highest BCUT2D eigenvalue weighted by Gasteiger charge is 2.22. The first-order valence-corrected chi connectivity index (χ1v) is 7.58. The topological polar surface area (TPSA) is 15.3 Å². The van der Waals surface area contributed by atoms with Gasteiger partial charge in [0.15, 0.2) is 0 Å². The molecule has 1 saturated heterocycles. The normalized spacial score (nSPS) is 19.9. The number of anilines is 1. The molecular formula is C17H28N2. The lowest BCUT2D eigenvalue weighted by atomic mass is 9.85. The maximum atomic E-state index is 3.52. The van der Waals surface area contributed by atoms with Crippen LogP contribution in [0.4, 0.5) is 5.69 Å². The second-order valence-electron chi connectivity index (χ2n) is 6.65. The van der Waals surface area contributed by atoms with Crippen LogP contribution in [-0.2, 0) is 0 Å². The Morgan fingerprint density at radius 3 is 2.58 bits per heavy atom. The third kappa shape index (κ3) is 4.87. The van der Waals surface area contributed by atoms with E-state index in [-0.39, 0.29) is 0 Å². The number of rotatable bonds is 4. The molecule has 0 unspecified atom stereocenters. The lowest BCUT2D eigenvalue weighted by Crippen LogP contribution is -2.30. The monoisotopic (exact) mass is 260 g/mol. The smallest absolute Gasteiger partial charge is 0.0340 e. The fourth-order valence-corrected chi connectivity index (χ4v) is 2.73. The van der Waals surface area contributed by atoms with Gasteiger partial charge in [0.1, 0.15) is 0 Å². The minimum Gasteiger partial charge on any atom is -0.384 e. The van der Waals surface area contributed by atoms with Gasteiger partial charge in [-0.25, -0.2) is 0 Å². The predicted octanol–water partition coefficient (Wildman–Crippen LogP) is 3.92. The van der Waals surface area contributed by atoms with E-state index in [1.807, 2.05) is 0 Å². The van der Waals surface area contributed by atoms with E-state index in [4.69, 9.17) is 0 Å². The van der Waals surface area contributed by atoms with E-state index in [0.717, 1.165) is 13.1 Å². The highest BCUT2D eigenvalue weighted by molar-refractivity contribution is 5.44. The fraction of sp³-hybridized carbons (Fsp3) is 0.647. The Bertz CT molecular complexity index is 381. The van der Waals surface area contributed by atoms with Gasteiger partial charge in [-0.2, -0.15) is 0 Å². The summed E-state index contributed by atoms with van der Waals surface area (Å²) in [6.45, 7) is 11.7. The van der Waals surface area contributed by atoms with Gasteiger partial charge in [0, 0.05) is 18.8 Å². The van der Waals surface area contributed by atoms with Crippen molar-refractivity contribution in [3.05, 3.63) is 29.8 Å². The van der Waals surface area contributed by atoms with Gasteiger partial charge in [0.2, 0.25) is 0 Å². The quantitative estimate of drug-likeness (QED) is 0.882. The lowest BCUT2D eigenvalue weighted by molar-refractivity contribution is 0.269. The molecule has 1 N–H and O–H groups in total. The van der Waals surface area contributed by atoms with Crippen LogP contribution in [0.1, 0.15) is 38.7 Å². The molecule has 0 saturated carbocycles. The molecular weight excluding hydrogens is 232 g/mol. The molecule has 2 rings (SSSR count). The summed E-state index contributed by atoms with van der Waals surface area (Å²) < 4.78 is 0. The summed E-state index contributed by atoms with van der Waals surface area (Å²) in [5.41, 5.74) is 3.10. The molecule has 106 valence electrons. The second-order valence-corrected chi connectivity index (χ2v) is 6.65. The number of benzene rings is 1. The van der Waals surface area contributed by atoms with Crippen molar-refractivity contribution in [1.82, 2.24) is 4.90 Å². The average Bonchev–Trinajstić information content (AvgIpc) is 2.53. The van der Waals surface area contributed by atoms with Crippen LogP contribution in [-0.4, -0.2) is 31.1 Å². The van der Waals surface area contributed by atoms with Crippen molar-refractivity contribution < 1.29 is 0 Å². The number of aryl methyl sites for hydroxylation is 1. The van der Waals surface area contributed by atoms with E-state index in [9.17, 15) is 0 Å². The molecule has 19 heavy (non-hydrogen) atoms. The SMILES string of the molecule is Cc1ccc(NCCN2CCCC(C)(C)CC2)cc1. The van der Waals surface area contributed by atoms with E-state index >= 15 is 0 Å². The molecule has 1 fully saturated rings. The van der Waals surface area contributed by atoms with Crippen molar-refractivity contribution in [2.45, 2.75) is 40.0 Å². The molecule has 0 spiro atoms. The molecule has 0 aromatic heterocycles. The van der Waals surface area contributed by atoms with E-state index in [1.165, 1.54) is 43.6 Å². The average molecular weight is 260 g/mol. The molecule has 1 aromatic carbocycles. The van der Waals surface area contributed by atoms with Crippen LogP contribution in [0.3, 0.4) is 0 Å². The van der Waals surface area contributed by atoms with E-state index in [0.29, 0.717) is 5.41 Å². The van der Waals surface area contributed by atoms with Crippen LogP contribution < -0.4 is 5.32 Å². The fourth-order valence-electron chi connectivity index (χ4n) is 2.73. The number of hydrogen-bond donors (Lipinski definition) is 1. The molecule has 1 heterocycles. The van der Waals surface area contributed by atoms with Crippen molar-refractivity contribution in [2.75, 3.05) is 31.5 Å². The second kappa shape index (κ2) is 6.42. The maximum absolute atomic E-state index is 3.52. The van der Waals surface area contributed by atoms with E-state index in [2.05, 4.69) is 55.3 Å². The zero-order chi connectivity index (χ0) is 13.7. The Morgan fingerprint density at radius 2 is 1.84 bits per heavy atom. The molecule has 1 aromatic rings. The van der Waals surface area contributed by atoms with E-state index in [1.54, 1.807) is 0 Å². The highest BCUT2D eigenvalue weighted by atomic mass is 15.1. The van der Waals surface area contributed by atoms with Crippen LogP contribution in [0.15, 0.2) is 24.3 Å². The number of nitrogens with zero attached hydrogens (tertiary/aromatic N) is 1. The summed E-state index contributed by atoms with van der Waals surface area (Å²) in [7, 11) is 0. The molecule has 0 radical (unpaired) electrons. The van der Waals surface area contributed by atoms with Crippen LogP contribution in [0.5, 0.6) is 0 Å². The summed E-state index contributed by atoms with van der Waals surface area (Å²) in [5, 5.41) is 3.52. The first-order chi connectivity index (χ1) is 9.05. The van der Waals surface area contributed by atoms with Gasteiger partial charge in [-0.15, -0.1) is 0 Å². The van der Waals surface area contributed by atoms with Gasteiger partial charge in [-0.1, -0.05) is 31.5 Å². The first-order valence-electron chi connectivity index (χ1n) is 7.58. The molecule has 0 atom stereocenters. The molecule has 1 aliphatic heterocycles. The molecule has 0 amide bonds. The Kier molecular flexibility index (Phi) is 4.87. The zero-order valence-electron chi connectivity index (χ0n) is 12.7. The Hall–Kier alpha value is -1.02. The Morgan fingerprint density at radius 1 is 1.11 bits per heavy atom. The predicted molar refractivity (Wildman–Crippen MR) is 83.7 cm³/mol. The molecule has 0 bridgehead atoms. The minimum absolute atomic E-state index is 0.541. The van der Waals surface area contributed by atoms with Crippen molar-refractivity contribution in [3.8, 4) is 0 Å². The largest absolute Gasteiger partial charge is 0.384 e. The summed E-state index contributed by atoms with van der Waals surface area (Å²) in [4.78, 5) is 2.61. The van der Waals surface area contributed by atoms with Crippen LogP contribution >= 0.6 is 0 Å². The number of likely N-dealkylation sites (tertiary alicyclic amines) is 1. The molecule has 1 aliphatic rings. The highest BCUT2D eigenvalue weighted by Crippen LogP contribution is 2.29. The van der Waals surface area contributed by atoms with Crippen molar-refractivity contribution in [3.63, 3.8) is 0 Å². The van der Waals surface area contributed by atoms with Crippen molar-refractivity contribution >= 4 is 5.69 Å². The van der Waals surface area contributed by atoms with Crippen LogP contribution in [0.2, 0.25) is 0 Å². The summed E-state index contributed by atoms with van der Waals surface area (Å²) >= 11 is 0. The van der Waals surface area contributed by atoms with E-state index < -0.39 is 0 Å². The first kappa shape index (κ1) is 14.4. The van der Waals surface area contributed by atoms with Gasteiger partial charge < -0.3 is 10.2 Å². The van der Waals surface area contributed by atoms with Gasteiger partial charge in [0.05, 0.1) is 0 Å². The summed E-state index contributed by atoms with van der Waals surface area (Å²) in [5.74, 6) is 0. The summed E-state index contributed by atoms with van der Waals surface area (Å²) in [6, 6.07) is 8.66. The Labute approximate surface area is 118 Å². The van der Waals surface area contributed by atoms with Gasteiger partial charge in [-0.3, -0.25) is 0 Å². The number of hydrogen-bond acceptors (Lipinski definition) is 2. The van der Waals surface area contributed by atoms with Crippen LogP contribution in [0.25, 0.3) is 0 Å². The standard InChI is InChI=1S/C17H28N2/c1-15-5-7-16(8-6-15)18-11-14-19-12-4-9-17(2,3)10-13-19/h5-8,18H,4,9-14H2,1-3H3. The molecule has 0 aliphatic carbocycles. The Balaban J connectivity index is 1.72. The van der Waals surface area contributed by atoms with Gasteiger partial charge in [-0.05, 0) is 56.8 Å². The van der Waals surface area contributed by atoms with Crippen LogP contribution in [0, 0.1) is 12.3 Å². The molecule has 2 heteroatoms. The molecule has 2 nitrogen and oxygen atoms in total.